The molecular formula is C21H20BrClF3N5O2. The number of amides is 2. The third kappa shape index (κ3) is 7.29. The number of aliphatic imine (C=N–C) groups is 1. The average molecular weight is 547 g/mol. The Labute approximate surface area is 201 Å². The Morgan fingerprint density at radius 2 is 1.97 bits per heavy atom. The first-order valence-corrected chi connectivity index (χ1v) is 10.6. The zero-order chi connectivity index (χ0) is 24.9. The lowest BCUT2D eigenvalue weighted by Crippen LogP contribution is -2.32. The van der Waals surface area contributed by atoms with Crippen LogP contribution < -0.4 is 16.4 Å². The minimum Gasteiger partial charge on any atom is -0.395 e. The smallest absolute Gasteiger partial charge is 0.395 e. The fourth-order valence-corrected chi connectivity index (χ4v) is 3.29. The molecule has 7 nitrogen and oxygen atoms in total. The molecule has 0 spiro atoms. The molecule has 176 valence electrons. The van der Waals surface area contributed by atoms with Gasteiger partial charge in [-0.1, -0.05) is 27.5 Å². The standard InChI is InChI=1S/C21H20BrClF3N5O2/c1-10(2)29-19(32)13-8-12(22)7-11(3)17(13)31-20(33)15(9-16(27)21(24,25)26)30-18-14(23)5-4-6-28-18/h4-10H,27H2,1-3H3,(H,29,32)(H,31,33). The van der Waals surface area contributed by atoms with Gasteiger partial charge in [-0.25, -0.2) is 9.98 Å². The van der Waals surface area contributed by atoms with Crippen molar-refractivity contribution in [3.05, 3.63) is 62.9 Å². The van der Waals surface area contributed by atoms with E-state index in [0.29, 0.717) is 16.1 Å². The first-order valence-electron chi connectivity index (χ1n) is 9.45. The molecule has 1 aromatic carbocycles. The first kappa shape index (κ1) is 26.3. The second-order valence-electron chi connectivity index (χ2n) is 7.13. The van der Waals surface area contributed by atoms with Crippen LogP contribution in [0.5, 0.6) is 0 Å². The number of benzene rings is 1. The van der Waals surface area contributed by atoms with E-state index in [2.05, 4.69) is 36.5 Å². The summed E-state index contributed by atoms with van der Waals surface area (Å²) in [6.07, 6.45) is -3.21. The van der Waals surface area contributed by atoms with Crippen LogP contribution in [-0.4, -0.2) is 34.7 Å². The molecule has 2 aromatic rings. The molecule has 12 heteroatoms. The summed E-state index contributed by atoms with van der Waals surface area (Å²) in [6.45, 7) is 5.14. The van der Waals surface area contributed by atoms with E-state index in [1.165, 1.54) is 24.4 Å². The largest absolute Gasteiger partial charge is 0.430 e. The highest BCUT2D eigenvalue weighted by Gasteiger charge is 2.32. The van der Waals surface area contributed by atoms with E-state index in [-0.39, 0.29) is 28.1 Å². The summed E-state index contributed by atoms with van der Waals surface area (Å²) in [4.78, 5) is 33.4. The van der Waals surface area contributed by atoms with Crippen molar-refractivity contribution < 1.29 is 22.8 Å². The Bertz CT molecular complexity index is 1130. The van der Waals surface area contributed by atoms with E-state index in [9.17, 15) is 22.8 Å². The van der Waals surface area contributed by atoms with Gasteiger partial charge >= 0.3 is 6.18 Å². The number of halogens is 5. The van der Waals surface area contributed by atoms with Crippen molar-refractivity contribution in [1.82, 2.24) is 10.3 Å². The number of nitrogens with zero attached hydrogens (tertiary/aromatic N) is 2. The van der Waals surface area contributed by atoms with Gasteiger partial charge in [0.25, 0.3) is 11.8 Å². The van der Waals surface area contributed by atoms with Gasteiger partial charge in [0.05, 0.1) is 16.3 Å². The van der Waals surface area contributed by atoms with Gasteiger partial charge in [0, 0.05) is 16.7 Å². The average Bonchev–Trinajstić information content (AvgIpc) is 2.69. The Kier molecular flexibility index (Phi) is 8.62. The number of aryl methyl sites for hydroxylation is 1. The fraction of sp³-hybridized carbons (Fsp3) is 0.238. The Balaban J connectivity index is 2.57. The summed E-state index contributed by atoms with van der Waals surface area (Å²) < 4.78 is 39.7. The molecule has 0 atom stereocenters. The third-order valence-corrected chi connectivity index (χ3v) is 4.77. The Hall–Kier alpha value is -2.92. The molecule has 0 fully saturated rings. The number of carbonyl (C=O) groups is 2. The Morgan fingerprint density at radius 1 is 1.30 bits per heavy atom. The van der Waals surface area contributed by atoms with Crippen molar-refractivity contribution in [3.63, 3.8) is 0 Å². The van der Waals surface area contributed by atoms with Gasteiger partial charge in [-0.05, 0) is 56.7 Å². The number of alkyl halides is 3. The molecule has 0 aliphatic rings. The van der Waals surface area contributed by atoms with Crippen LogP contribution in [0.3, 0.4) is 0 Å². The molecule has 0 bridgehead atoms. The SMILES string of the molecule is Cc1cc(Br)cc(C(=O)NC(C)C)c1NC(=O)C(C=C(N)C(F)(F)F)=Nc1ncccc1Cl. The molecule has 2 amide bonds. The van der Waals surface area contributed by atoms with E-state index in [0.717, 1.165) is 0 Å². The van der Waals surface area contributed by atoms with E-state index < -0.39 is 29.4 Å². The number of hydrogen-bond donors (Lipinski definition) is 3. The highest BCUT2D eigenvalue weighted by molar-refractivity contribution is 9.10. The van der Waals surface area contributed by atoms with Gasteiger partial charge in [0.15, 0.2) is 5.82 Å². The number of rotatable bonds is 6. The molecular weight excluding hydrogens is 527 g/mol. The number of carbonyl (C=O) groups excluding carboxylic acids is 2. The number of anilines is 1. The number of aromatic nitrogens is 1. The second kappa shape index (κ2) is 10.8. The molecule has 0 aliphatic heterocycles. The maximum atomic E-state index is 13.0. The quantitative estimate of drug-likeness (QED) is 0.440. The van der Waals surface area contributed by atoms with Crippen LogP contribution >= 0.6 is 27.5 Å². The zero-order valence-electron chi connectivity index (χ0n) is 17.7. The van der Waals surface area contributed by atoms with E-state index in [1.54, 1.807) is 26.8 Å². The van der Waals surface area contributed by atoms with Crippen molar-refractivity contribution in [3.8, 4) is 0 Å². The summed E-state index contributed by atoms with van der Waals surface area (Å²) in [6, 6.07) is 5.82. The van der Waals surface area contributed by atoms with Crippen molar-refractivity contribution >= 4 is 56.6 Å². The topological polar surface area (TPSA) is 109 Å². The van der Waals surface area contributed by atoms with Crippen molar-refractivity contribution in [2.24, 2.45) is 10.7 Å². The normalized spacial score (nSPS) is 12.6. The molecule has 4 N–H and O–H groups in total. The number of nitrogens with one attached hydrogen (secondary N) is 2. The summed E-state index contributed by atoms with van der Waals surface area (Å²) in [5.41, 5.74) is 3.54. The highest BCUT2D eigenvalue weighted by atomic mass is 79.9. The molecule has 1 aromatic heterocycles. The zero-order valence-corrected chi connectivity index (χ0v) is 20.1. The first-order chi connectivity index (χ1) is 15.3. The minimum absolute atomic E-state index is 0.0126. The lowest BCUT2D eigenvalue weighted by atomic mass is 10.1. The minimum atomic E-state index is -4.90. The summed E-state index contributed by atoms with van der Waals surface area (Å²) >= 11 is 9.28. The van der Waals surface area contributed by atoms with Crippen molar-refractivity contribution in [1.29, 1.82) is 0 Å². The van der Waals surface area contributed by atoms with Crippen LogP contribution in [0.4, 0.5) is 24.7 Å². The summed E-state index contributed by atoms with van der Waals surface area (Å²) in [5.74, 6) is -1.71. The number of nitrogens with two attached hydrogens (primary N) is 1. The van der Waals surface area contributed by atoms with E-state index in [1.807, 2.05) is 0 Å². The van der Waals surface area contributed by atoms with Crippen LogP contribution in [0, 0.1) is 6.92 Å². The van der Waals surface area contributed by atoms with Crippen LogP contribution in [-0.2, 0) is 4.79 Å². The van der Waals surface area contributed by atoms with Crippen LogP contribution in [0.25, 0.3) is 0 Å². The monoisotopic (exact) mass is 545 g/mol. The molecule has 2 rings (SSSR count). The van der Waals surface area contributed by atoms with Gasteiger partial charge in [-0.3, -0.25) is 9.59 Å². The van der Waals surface area contributed by atoms with Gasteiger partial charge < -0.3 is 16.4 Å². The number of allylic oxidation sites excluding steroid dienone is 1. The maximum Gasteiger partial charge on any atom is 0.430 e. The molecule has 33 heavy (non-hydrogen) atoms. The summed E-state index contributed by atoms with van der Waals surface area (Å²) in [7, 11) is 0. The third-order valence-electron chi connectivity index (χ3n) is 4.02. The predicted molar refractivity (Wildman–Crippen MR) is 125 cm³/mol. The van der Waals surface area contributed by atoms with Crippen molar-refractivity contribution in [2.45, 2.75) is 33.0 Å². The number of hydrogen-bond acceptors (Lipinski definition) is 5. The van der Waals surface area contributed by atoms with Gasteiger partial charge in [0.2, 0.25) is 0 Å². The second-order valence-corrected chi connectivity index (χ2v) is 8.45. The summed E-state index contributed by atoms with van der Waals surface area (Å²) in [5, 5.41) is 5.19. The van der Waals surface area contributed by atoms with Gasteiger partial charge in [-0.15, -0.1) is 0 Å². The lowest BCUT2D eigenvalue weighted by Gasteiger charge is -2.16. The number of pyridine rings is 1. The molecule has 0 unspecified atom stereocenters. The van der Waals surface area contributed by atoms with Crippen molar-refractivity contribution in [2.75, 3.05) is 5.32 Å². The van der Waals surface area contributed by atoms with Gasteiger partial charge in [0.1, 0.15) is 11.4 Å². The Morgan fingerprint density at radius 3 is 2.55 bits per heavy atom. The van der Waals surface area contributed by atoms with E-state index in [4.69, 9.17) is 17.3 Å². The molecule has 0 saturated heterocycles. The van der Waals surface area contributed by atoms with E-state index >= 15 is 0 Å². The lowest BCUT2D eigenvalue weighted by molar-refractivity contribution is -0.110. The molecule has 0 aliphatic carbocycles. The van der Waals surface area contributed by atoms with Gasteiger partial charge in [-0.2, -0.15) is 13.2 Å². The highest BCUT2D eigenvalue weighted by Crippen LogP contribution is 2.28. The molecule has 0 radical (unpaired) electrons. The van der Waals surface area contributed by atoms with Crippen LogP contribution in [0.1, 0.15) is 29.8 Å². The molecule has 1 heterocycles. The predicted octanol–water partition coefficient (Wildman–Crippen LogP) is 5.06. The van der Waals surface area contributed by atoms with Crippen LogP contribution in [0.2, 0.25) is 5.02 Å². The fourth-order valence-electron chi connectivity index (χ4n) is 2.56. The maximum absolute atomic E-state index is 13.0. The molecule has 0 saturated carbocycles. The van der Waals surface area contributed by atoms with Crippen LogP contribution in [0.15, 0.2) is 51.7 Å².